The van der Waals surface area contributed by atoms with Crippen LogP contribution in [0.5, 0.6) is 5.75 Å². The van der Waals surface area contributed by atoms with E-state index in [-0.39, 0.29) is 17.6 Å². The number of nitrogens with zero attached hydrogens (tertiary/aromatic N) is 1. The molecule has 3 aromatic rings. The van der Waals surface area contributed by atoms with E-state index >= 15 is 0 Å². The van der Waals surface area contributed by atoms with Crippen molar-refractivity contribution in [2.45, 2.75) is 38.6 Å². The lowest BCUT2D eigenvalue weighted by atomic mass is 9.88. The first-order valence-corrected chi connectivity index (χ1v) is 12.1. The number of phenols is 1. The van der Waals surface area contributed by atoms with Gasteiger partial charge in [-0.1, -0.05) is 67.8 Å². The summed E-state index contributed by atoms with van der Waals surface area (Å²) in [7, 11) is 1.35. The first-order chi connectivity index (χ1) is 17.0. The summed E-state index contributed by atoms with van der Waals surface area (Å²) in [6.07, 6.45) is 8.29. The second-order valence-corrected chi connectivity index (χ2v) is 8.96. The van der Waals surface area contributed by atoms with Crippen molar-refractivity contribution in [2.75, 3.05) is 12.0 Å². The zero-order valence-electron chi connectivity index (χ0n) is 20.0. The van der Waals surface area contributed by atoms with Crippen LogP contribution in [-0.4, -0.2) is 24.1 Å². The molecule has 4 rings (SSSR count). The Morgan fingerprint density at radius 3 is 2.40 bits per heavy atom. The molecule has 1 aliphatic carbocycles. The number of hydrogen-bond donors (Lipinski definition) is 1. The highest BCUT2D eigenvalue weighted by atomic mass is 16.5. The molecule has 5 nitrogen and oxygen atoms in total. The zero-order valence-corrected chi connectivity index (χ0v) is 20.0. The van der Waals surface area contributed by atoms with Crippen LogP contribution in [0.15, 0.2) is 78.9 Å². The van der Waals surface area contributed by atoms with Gasteiger partial charge in [-0.15, -0.1) is 0 Å². The van der Waals surface area contributed by atoms with Crippen LogP contribution in [0.25, 0.3) is 17.2 Å². The molecule has 3 aromatic carbocycles. The van der Waals surface area contributed by atoms with Crippen LogP contribution < -0.4 is 4.90 Å². The maximum atomic E-state index is 13.7. The molecule has 0 heterocycles. The molecule has 35 heavy (non-hydrogen) atoms. The minimum Gasteiger partial charge on any atom is -0.508 e. The second-order valence-electron chi connectivity index (χ2n) is 8.96. The summed E-state index contributed by atoms with van der Waals surface area (Å²) >= 11 is 0. The molecule has 0 spiro atoms. The van der Waals surface area contributed by atoms with Gasteiger partial charge in [0.05, 0.1) is 13.7 Å². The van der Waals surface area contributed by atoms with Gasteiger partial charge in [0.1, 0.15) is 5.75 Å². The molecular weight excluding hydrogens is 438 g/mol. The summed E-state index contributed by atoms with van der Waals surface area (Å²) in [4.78, 5) is 27.0. The number of esters is 1. The molecule has 0 unspecified atom stereocenters. The number of carbonyl (C=O) groups is 2. The molecule has 180 valence electrons. The van der Waals surface area contributed by atoms with E-state index in [0.29, 0.717) is 6.54 Å². The predicted molar refractivity (Wildman–Crippen MR) is 139 cm³/mol. The number of benzene rings is 3. The smallest absolute Gasteiger partial charge is 0.330 e. The Hall–Kier alpha value is -3.86. The number of phenolic OH excluding ortho intramolecular Hbond substituents is 1. The molecule has 1 aliphatic rings. The second kappa shape index (κ2) is 11.5. The topological polar surface area (TPSA) is 66.8 Å². The van der Waals surface area contributed by atoms with E-state index in [4.69, 9.17) is 4.74 Å². The van der Waals surface area contributed by atoms with Gasteiger partial charge in [-0.05, 0) is 65.4 Å². The molecule has 0 atom stereocenters. The van der Waals surface area contributed by atoms with Gasteiger partial charge >= 0.3 is 5.97 Å². The van der Waals surface area contributed by atoms with Crippen LogP contribution in [0.3, 0.4) is 0 Å². The molecule has 0 aromatic heterocycles. The average molecular weight is 470 g/mol. The third-order valence-electron chi connectivity index (χ3n) is 6.49. The number of amides is 1. The summed E-state index contributed by atoms with van der Waals surface area (Å²) in [5, 5.41) is 9.79. The normalized spacial score (nSPS) is 14.1. The van der Waals surface area contributed by atoms with Crippen LogP contribution in [0.4, 0.5) is 5.69 Å². The van der Waals surface area contributed by atoms with Crippen molar-refractivity contribution < 1.29 is 19.4 Å². The van der Waals surface area contributed by atoms with Crippen molar-refractivity contribution in [3.05, 3.63) is 90.0 Å². The third-order valence-corrected chi connectivity index (χ3v) is 6.49. The predicted octanol–water partition coefficient (Wildman–Crippen LogP) is 6.36. The third kappa shape index (κ3) is 6.38. The van der Waals surface area contributed by atoms with E-state index in [9.17, 15) is 14.7 Å². The van der Waals surface area contributed by atoms with Crippen LogP contribution in [-0.2, 0) is 20.9 Å². The average Bonchev–Trinajstić information content (AvgIpc) is 2.91. The molecule has 0 saturated heterocycles. The summed E-state index contributed by atoms with van der Waals surface area (Å²) < 4.78 is 4.69. The molecule has 1 saturated carbocycles. The standard InChI is InChI=1S/C30H31NO4/c1-35-29(33)18-15-22-7-5-11-27(19-22)31(30(34)25-8-3-2-4-9-25)21-23-13-16-24(17-14-23)26-10-6-12-28(32)20-26/h5-7,10-20,25,32H,2-4,8-9,21H2,1H3/b18-15+. The number of aromatic hydroxyl groups is 1. The summed E-state index contributed by atoms with van der Waals surface area (Å²) in [6.45, 7) is 0.458. The fraction of sp³-hybridized carbons (Fsp3) is 0.267. The minimum absolute atomic E-state index is 0.0320. The Kier molecular flexibility index (Phi) is 7.99. The lowest BCUT2D eigenvalue weighted by molar-refractivity contribution is -0.134. The van der Waals surface area contributed by atoms with Gasteiger partial charge in [0.2, 0.25) is 5.91 Å². The van der Waals surface area contributed by atoms with Crippen LogP contribution in [0.1, 0.15) is 43.2 Å². The Morgan fingerprint density at radius 2 is 1.69 bits per heavy atom. The van der Waals surface area contributed by atoms with Crippen molar-refractivity contribution in [2.24, 2.45) is 5.92 Å². The molecule has 5 heteroatoms. The van der Waals surface area contributed by atoms with Gasteiger partial charge in [0, 0.05) is 17.7 Å². The van der Waals surface area contributed by atoms with Gasteiger partial charge < -0.3 is 14.7 Å². The fourth-order valence-electron chi connectivity index (χ4n) is 4.57. The maximum absolute atomic E-state index is 13.7. The first-order valence-electron chi connectivity index (χ1n) is 12.1. The number of carbonyl (C=O) groups excluding carboxylic acids is 2. The first kappa shape index (κ1) is 24.3. The number of anilines is 1. The Balaban J connectivity index is 1.60. The van der Waals surface area contributed by atoms with Crippen LogP contribution >= 0.6 is 0 Å². The Morgan fingerprint density at radius 1 is 0.943 bits per heavy atom. The zero-order chi connectivity index (χ0) is 24.6. The van der Waals surface area contributed by atoms with E-state index in [0.717, 1.165) is 53.6 Å². The largest absolute Gasteiger partial charge is 0.508 e. The van der Waals surface area contributed by atoms with Crippen molar-refractivity contribution in [1.29, 1.82) is 0 Å². The lowest BCUT2D eigenvalue weighted by Gasteiger charge is -2.30. The van der Waals surface area contributed by atoms with E-state index < -0.39 is 5.97 Å². The highest BCUT2D eigenvalue weighted by Crippen LogP contribution is 2.30. The van der Waals surface area contributed by atoms with Gasteiger partial charge in [-0.2, -0.15) is 0 Å². The number of rotatable bonds is 7. The van der Waals surface area contributed by atoms with Crippen molar-refractivity contribution in [1.82, 2.24) is 0 Å². The van der Waals surface area contributed by atoms with Gasteiger partial charge in [0.25, 0.3) is 0 Å². The molecule has 0 aliphatic heterocycles. The maximum Gasteiger partial charge on any atom is 0.330 e. The van der Waals surface area contributed by atoms with Gasteiger partial charge in [0.15, 0.2) is 0 Å². The van der Waals surface area contributed by atoms with E-state index in [1.54, 1.807) is 18.2 Å². The highest BCUT2D eigenvalue weighted by Gasteiger charge is 2.27. The van der Waals surface area contributed by atoms with Crippen molar-refractivity contribution in [3.8, 4) is 16.9 Å². The molecule has 1 N–H and O–H groups in total. The fourth-order valence-corrected chi connectivity index (χ4v) is 4.57. The summed E-state index contributed by atoms with van der Waals surface area (Å²) in [5.41, 5.74) is 4.60. The van der Waals surface area contributed by atoms with E-state index in [2.05, 4.69) is 0 Å². The Bertz CT molecular complexity index is 1190. The van der Waals surface area contributed by atoms with Crippen molar-refractivity contribution in [3.63, 3.8) is 0 Å². The number of methoxy groups -OCH3 is 1. The molecular formula is C30H31NO4. The monoisotopic (exact) mass is 469 g/mol. The van der Waals surface area contributed by atoms with Crippen LogP contribution in [0.2, 0.25) is 0 Å². The van der Waals surface area contributed by atoms with Gasteiger partial charge in [-0.25, -0.2) is 4.79 Å². The highest BCUT2D eigenvalue weighted by molar-refractivity contribution is 5.95. The summed E-state index contributed by atoms with van der Waals surface area (Å²) in [5.74, 6) is -0.00485. The van der Waals surface area contributed by atoms with Crippen molar-refractivity contribution >= 4 is 23.6 Å². The van der Waals surface area contributed by atoms with Gasteiger partial charge in [-0.3, -0.25) is 4.79 Å². The lowest BCUT2D eigenvalue weighted by Crippen LogP contribution is -2.36. The number of ether oxygens (including phenoxy) is 1. The number of hydrogen-bond acceptors (Lipinski definition) is 4. The molecule has 0 radical (unpaired) electrons. The SMILES string of the molecule is COC(=O)/C=C/c1cccc(N(Cc2ccc(-c3cccc(O)c3)cc2)C(=O)C2CCCCC2)c1. The van der Waals surface area contributed by atoms with E-state index in [1.165, 1.54) is 19.6 Å². The molecule has 1 fully saturated rings. The Labute approximate surface area is 206 Å². The quantitative estimate of drug-likeness (QED) is 0.323. The molecule has 1 amide bonds. The minimum atomic E-state index is -0.419. The molecule has 0 bridgehead atoms. The van der Waals surface area contributed by atoms with E-state index in [1.807, 2.05) is 65.6 Å². The summed E-state index contributed by atoms with van der Waals surface area (Å²) in [6, 6.07) is 22.9. The van der Waals surface area contributed by atoms with Crippen LogP contribution in [0, 0.1) is 5.92 Å².